The predicted octanol–water partition coefficient (Wildman–Crippen LogP) is 1.38. The van der Waals surface area contributed by atoms with Gasteiger partial charge in [0.25, 0.3) is 0 Å². The van der Waals surface area contributed by atoms with Crippen LogP contribution in [0.3, 0.4) is 0 Å². The fraction of sp³-hybridized carbons (Fsp3) is 0.571. The molecule has 1 rings (SSSR count). The Morgan fingerprint density at radius 2 is 2.00 bits per heavy atom. The van der Waals surface area contributed by atoms with Gasteiger partial charge in [-0.1, -0.05) is 6.08 Å². The minimum Gasteiger partial charge on any atom is -0.339 e. The third kappa shape index (κ3) is 1.78. The largest absolute Gasteiger partial charge is 0.471 e. The highest BCUT2D eigenvalue weighted by atomic mass is 19.4. The second-order valence-electron chi connectivity index (χ2n) is 2.81. The zero-order valence-corrected chi connectivity index (χ0v) is 6.24. The highest BCUT2D eigenvalue weighted by Gasteiger charge is 2.48. The summed E-state index contributed by atoms with van der Waals surface area (Å²) < 4.78 is 35.1. The second-order valence-corrected chi connectivity index (χ2v) is 2.81. The van der Waals surface area contributed by atoms with Crippen molar-refractivity contribution in [3.05, 3.63) is 12.7 Å². The van der Waals surface area contributed by atoms with Gasteiger partial charge in [-0.3, -0.25) is 4.79 Å². The molecule has 0 aromatic rings. The molecule has 0 heterocycles. The molecule has 0 saturated heterocycles. The summed E-state index contributed by atoms with van der Waals surface area (Å²) in [6, 6.07) is 0. The fourth-order valence-electron chi connectivity index (χ4n) is 0.812. The molecule has 1 saturated carbocycles. The van der Waals surface area contributed by atoms with Crippen molar-refractivity contribution in [2.24, 2.45) is 0 Å². The Hall–Kier alpha value is -1.00. The SMILES string of the molecule is C=CC1(NC(=O)C(F)(F)F)CC1. The van der Waals surface area contributed by atoms with Crippen molar-refractivity contribution in [1.82, 2.24) is 5.32 Å². The summed E-state index contributed by atoms with van der Waals surface area (Å²) in [5, 5.41) is 1.88. The standard InChI is InChI=1S/C7H8F3NO/c1-2-6(3-4-6)11-5(12)7(8,9)10/h2H,1,3-4H2,(H,11,12). The number of amides is 1. The lowest BCUT2D eigenvalue weighted by atomic mass is 10.2. The van der Waals surface area contributed by atoms with Gasteiger partial charge >= 0.3 is 12.1 Å². The van der Waals surface area contributed by atoms with E-state index in [0.29, 0.717) is 12.8 Å². The molecule has 0 bridgehead atoms. The third-order valence-electron chi connectivity index (χ3n) is 1.80. The van der Waals surface area contributed by atoms with E-state index in [1.165, 1.54) is 6.08 Å². The smallest absolute Gasteiger partial charge is 0.339 e. The molecule has 0 atom stereocenters. The van der Waals surface area contributed by atoms with E-state index in [-0.39, 0.29) is 0 Å². The van der Waals surface area contributed by atoms with Crippen molar-refractivity contribution in [2.75, 3.05) is 0 Å². The normalized spacial score (nSPS) is 19.9. The molecule has 5 heteroatoms. The highest BCUT2D eigenvalue weighted by Crippen LogP contribution is 2.37. The van der Waals surface area contributed by atoms with Crippen LogP contribution in [0.1, 0.15) is 12.8 Å². The van der Waals surface area contributed by atoms with Crippen molar-refractivity contribution in [3.63, 3.8) is 0 Å². The Labute approximate surface area is 67.4 Å². The van der Waals surface area contributed by atoms with Crippen LogP contribution in [0.15, 0.2) is 12.7 Å². The van der Waals surface area contributed by atoms with E-state index >= 15 is 0 Å². The lowest BCUT2D eigenvalue weighted by molar-refractivity contribution is -0.174. The van der Waals surface area contributed by atoms with E-state index in [1.807, 2.05) is 5.32 Å². The van der Waals surface area contributed by atoms with Crippen LogP contribution in [0.5, 0.6) is 0 Å². The Morgan fingerprint density at radius 3 is 2.25 bits per heavy atom. The zero-order valence-electron chi connectivity index (χ0n) is 6.24. The van der Waals surface area contributed by atoms with Gasteiger partial charge in [-0.25, -0.2) is 0 Å². The van der Waals surface area contributed by atoms with Gasteiger partial charge in [-0.05, 0) is 12.8 Å². The maximum Gasteiger partial charge on any atom is 0.471 e. The maximum atomic E-state index is 11.7. The number of rotatable bonds is 2. The van der Waals surface area contributed by atoms with E-state index in [4.69, 9.17) is 0 Å². The number of nitrogens with one attached hydrogen (secondary N) is 1. The summed E-state index contributed by atoms with van der Waals surface area (Å²) in [4.78, 5) is 10.4. The average molecular weight is 179 g/mol. The van der Waals surface area contributed by atoms with Gasteiger partial charge < -0.3 is 5.32 Å². The summed E-state index contributed by atoms with van der Waals surface area (Å²) in [5.74, 6) is -1.89. The second kappa shape index (κ2) is 2.50. The third-order valence-corrected chi connectivity index (χ3v) is 1.80. The molecule has 1 aliphatic carbocycles. The van der Waals surface area contributed by atoms with Crippen molar-refractivity contribution in [2.45, 2.75) is 24.6 Å². The number of alkyl halides is 3. The first-order valence-corrected chi connectivity index (χ1v) is 3.43. The topological polar surface area (TPSA) is 29.1 Å². The summed E-state index contributed by atoms with van der Waals surface area (Å²) in [6.45, 7) is 3.35. The summed E-state index contributed by atoms with van der Waals surface area (Å²) in [7, 11) is 0. The fourth-order valence-corrected chi connectivity index (χ4v) is 0.812. The molecule has 0 spiro atoms. The van der Waals surface area contributed by atoms with E-state index in [9.17, 15) is 18.0 Å². The number of halogens is 3. The van der Waals surface area contributed by atoms with E-state index in [2.05, 4.69) is 6.58 Å². The van der Waals surface area contributed by atoms with Gasteiger partial charge in [0, 0.05) is 0 Å². The van der Waals surface area contributed by atoms with Crippen LogP contribution in [-0.4, -0.2) is 17.6 Å². The van der Waals surface area contributed by atoms with E-state index < -0.39 is 17.6 Å². The molecule has 12 heavy (non-hydrogen) atoms. The molecule has 1 amide bonds. The molecule has 0 aliphatic heterocycles. The highest BCUT2D eigenvalue weighted by molar-refractivity contribution is 5.83. The van der Waals surface area contributed by atoms with Gasteiger partial charge in [0.15, 0.2) is 0 Å². The molecule has 1 aliphatic rings. The zero-order chi connectivity index (χ0) is 9.41. The van der Waals surface area contributed by atoms with Crippen LogP contribution in [0.2, 0.25) is 0 Å². The summed E-state index contributed by atoms with van der Waals surface area (Å²) in [5.41, 5.74) is -0.785. The molecule has 0 unspecified atom stereocenters. The van der Waals surface area contributed by atoms with Crippen LogP contribution >= 0.6 is 0 Å². The van der Waals surface area contributed by atoms with Crippen molar-refractivity contribution in [3.8, 4) is 0 Å². The number of carbonyl (C=O) groups excluding carboxylic acids is 1. The van der Waals surface area contributed by atoms with Gasteiger partial charge in [0.2, 0.25) is 0 Å². The Morgan fingerprint density at radius 1 is 1.50 bits per heavy atom. The van der Waals surface area contributed by atoms with Gasteiger partial charge in [0.1, 0.15) is 0 Å². The maximum absolute atomic E-state index is 11.7. The molecular formula is C7H8F3NO. The molecule has 2 nitrogen and oxygen atoms in total. The number of carbonyl (C=O) groups is 1. The number of hydrogen-bond donors (Lipinski definition) is 1. The Kier molecular flexibility index (Phi) is 1.89. The Bertz CT molecular complexity index is 217. The first kappa shape index (κ1) is 9.09. The van der Waals surface area contributed by atoms with Gasteiger partial charge in [0.05, 0.1) is 5.54 Å². The summed E-state index contributed by atoms with van der Waals surface area (Å²) in [6.07, 6.45) is -2.37. The molecule has 1 fully saturated rings. The van der Waals surface area contributed by atoms with Crippen LogP contribution in [0.25, 0.3) is 0 Å². The lowest BCUT2D eigenvalue weighted by Crippen LogP contribution is -2.43. The molecule has 0 aromatic carbocycles. The number of hydrogen-bond acceptors (Lipinski definition) is 1. The van der Waals surface area contributed by atoms with Crippen LogP contribution < -0.4 is 5.32 Å². The van der Waals surface area contributed by atoms with Gasteiger partial charge in [-0.2, -0.15) is 13.2 Å². The van der Waals surface area contributed by atoms with Crippen molar-refractivity contribution in [1.29, 1.82) is 0 Å². The molecular weight excluding hydrogens is 171 g/mol. The minimum atomic E-state index is -4.79. The molecule has 0 aromatic heterocycles. The van der Waals surface area contributed by atoms with Crippen LogP contribution in [0.4, 0.5) is 13.2 Å². The minimum absolute atomic E-state index is 0.540. The lowest BCUT2D eigenvalue weighted by Gasteiger charge is -2.13. The van der Waals surface area contributed by atoms with Crippen LogP contribution in [-0.2, 0) is 4.79 Å². The molecule has 1 N–H and O–H groups in total. The average Bonchev–Trinajstić information content (AvgIpc) is 2.67. The quantitative estimate of drug-likeness (QED) is 0.637. The van der Waals surface area contributed by atoms with E-state index in [0.717, 1.165) is 0 Å². The van der Waals surface area contributed by atoms with Crippen molar-refractivity contribution < 1.29 is 18.0 Å². The monoisotopic (exact) mass is 179 g/mol. The predicted molar refractivity (Wildman–Crippen MR) is 36.4 cm³/mol. The van der Waals surface area contributed by atoms with Crippen molar-refractivity contribution >= 4 is 5.91 Å². The summed E-state index contributed by atoms with van der Waals surface area (Å²) >= 11 is 0. The molecule has 0 radical (unpaired) electrons. The van der Waals surface area contributed by atoms with Crippen LogP contribution in [0, 0.1) is 0 Å². The first-order valence-electron chi connectivity index (χ1n) is 3.43. The Balaban J connectivity index is 2.52. The first-order chi connectivity index (χ1) is 5.40. The van der Waals surface area contributed by atoms with E-state index in [1.54, 1.807) is 0 Å². The molecule has 68 valence electrons. The van der Waals surface area contributed by atoms with Gasteiger partial charge in [-0.15, -0.1) is 6.58 Å².